The van der Waals surface area contributed by atoms with E-state index in [1.165, 1.54) is 18.4 Å². The molecule has 0 spiro atoms. The molecule has 1 aromatic heterocycles. The summed E-state index contributed by atoms with van der Waals surface area (Å²) in [5, 5.41) is 5.09. The van der Waals surface area contributed by atoms with Crippen molar-refractivity contribution in [3.63, 3.8) is 0 Å². The standard InChI is InChI=1S/C14H14F3N3O3S/c1-7-6-18-13(24-7)20-12(21)19-9-4-8(14(15,16)17)10(22-2)5-11(9)23-3/h4-6H,1-3H3,(H2,18,19,20,21). The predicted molar refractivity (Wildman–Crippen MR) is 84.0 cm³/mol. The minimum Gasteiger partial charge on any atom is -0.496 e. The van der Waals surface area contributed by atoms with Gasteiger partial charge < -0.3 is 14.8 Å². The molecule has 24 heavy (non-hydrogen) atoms. The van der Waals surface area contributed by atoms with Gasteiger partial charge in [-0.05, 0) is 13.0 Å². The zero-order valence-corrected chi connectivity index (χ0v) is 13.8. The molecule has 1 heterocycles. The summed E-state index contributed by atoms with van der Waals surface area (Å²) in [6.07, 6.45) is -3.08. The van der Waals surface area contributed by atoms with Gasteiger partial charge in [0, 0.05) is 17.1 Å². The minimum absolute atomic E-state index is 0.0327. The van der Waals surface area contributed by atoms with Crippen molar-refractivity contribution < 1.29 is 27.4 Å². The zero-order chi connectivity index (χ0) is 17.9. The van der Waals surface area contributed by atoms with Gasteiger partial charge in [0.1, 0.15) is 11.5 Å². The molecule has 0 bridgehead atoms. The van der Waals surface area contributed by atoms with Crippen molar-refractivity contribution in [2.24, 2.45) is 0 Å². The van der Waals surface area contributed by atoms with Crippen LogP contribution in [-0.2, 0) is 6.18 Å². The average Bonchev–Trinajstić information content (AvgIpc) is 2.90. The van der Waals surface area contributed by atoms with Crippen LogP contribution in [0.25, 0.3) is 0 Å². The highest BCUT2D eigenvalue weighted by Gasteiger charge is 2.35. The zero-order valence-electron chi connectivity index (χ0n) is 12.9. The van der Waals surface area contributed by atoms with Crippen molar-refractivity contribution in [3.05, 3.63) is 28.8 Å². The molecule has 0 unspecified atom stereocenters. The maximum absolute atomic E-state index is 13.1. The van der Waals surface area contributed by atoms with Crippen LogP contribution >= 0.6 is 11.3 Å². The molecule has 10 heteroatoms. The van der Waals surface area contributed by atoms with E-state index in [1.807, 2.05) is 6.92 Å². The molecule has 0 saturated heterocycles. The fourth-order valence-electron chi connectivity index (χ4n) is 1.88. The quantitative estimate of drug-likeness (QED) is 0.859. The second-order valence-electron chi connectivity index (χ2n) is 4.61. The number of thiazole rings is 1. The van der Waals surface area contributed by atoms with Crippen LogP contribution in [0.4, 0.5) is 28.8 Å². The van der Waals surface area contributed by atoms with Crippen molar-refractivity contribution in [1.82, 2.24) is 4.98 Å². The maximum Gasteiger partial charge on any atom is 0.420 e. The van der Waals surface area contributed by atoms with Gasteiger partial charge in [-0.15, -0.1) is 11.3 Å². The highest BCUT2D eigenvalue weighted by atomic mass is 32.1. The van der Waals surface area contributed by atoms with Crippen LogP contribution in [0.5, 0.6) is 11.5 Å². The van der Waals surface area contributed by atoms with E-state index in [9.17, 15) is 18.0 Å². The molecular weight excluding hydrogens is 347 g/mol. The SMILES string of the molecule is COc1cc(OC)c(C(F)(F)F)cc1NC(=O)Nc1ncc(C)s1. The summed E-state index contributed by atoms with van der Waals surface area (Å²) in [5.74, 6) is -0.369. The predicted octanol–water partition coefficient (Wildman–Crippen LogP) is 4.13. The molecule has 6 nitrogen and oxygen atoms in total. The molecule has 0 fully saturated rings. The Labute approximate surface area is 139 Å². The first-order valence-corrected chi connectivity index (χ1v) is 7.40. The van der Waals surface area contributed by atoms with Gasteiger partial charge in [-0.2, -0.15) is 13.2 Å². The Hall–Kier alpha value is -2.49. The summed E-state index contributed by atoms with van der Waals surface area (Å²) in [4.78, 5) is 16.8. The van der Waals surface area contributed by atoms with Crippen LogP contribution in [-0.4, -0.2) is 25.2 Å². The Morgan fingerprint density at radius 3 is 2.33 bits per heavy atom. The number of carbonyl (C=O) groups excluding carboxylic acids is 1. The Bertz CT molecular complexity index is 747. The first kappa shape index (κ1) is 17.9. The lowest BCUT2D eigenvalue weighted by atomic mass is 10.1. The van der Waals surface area contributed by atoms with Crippen LogP contribution < -0.4 is 20.1 Å². The number of alkyl halides is 3. The highest BCUT2D eigenvalue weighted by molar-refractivity contribution is 7.15. The van der Waals surface area contributed by atoms with Gasteiger partial charge in [0.2, 0.25) is 0 Å². The first-order valence-electron chi connectivity index (χ1n) is 6.58. The Morgan fingerprint density at radius 1 is 1.17 bits per heavy atom. The van der Waals surface area contributed by atoms with E-state index in [1.54, 1.807) is 6.20 Å². The first-order chi connectivity index (χ1) is 11.2. The smallest absolute Gasteiger partial charge is 0.420 e. The van der Waals surface area contributed by atoms with Gasteiger partial charge in [-0.1, -0.05) is 0 Å². The van der Waals surface area contributed by atoms with Gasteiger partial charge in [0.15, 0.2) is 5.13 Å². The molecule has 2 rings (SSSR count). The molecule has 0 aliphatic rings. The largest absolute Gasteiger partial charge is 0.496 e. The monoisotopic (exact) mass is 361 g/mol. The number of nitrogens with zero attached hydrogens (tertiary/aromatic N) is 1. The molecular formula is C14H14F3N3O3S. The lowest BCUT2D eigenvalue weighted by molar-refractivity contribution is -0.138. The number of aromatic nitrogens is 1. The van der Waals surface area contributed by atoms with Gasteiger partial charge in [0.25, 0.3) is 0 Å². The van der Waals surface area contributed by atoms with E-state index in [-0.39, 0.29) is 11.4 Å². The van der Waals surface area contributed by atoms with Crippen molar-refractivity contribution in [2.45, 2.75) is 13.1 Å². The Balaban J connectivity index is 2.29. The maximum atomic E-state index is 13.1. The number of carbonyl (C=O) groups is 1. The second-order valence-corrected chi connectivity index (χ2v) is 5.84. The summed E-state index contributed by atoms with van der Waals surface area (Å²) in [6.45, 7) is 1.81. The minimum atomic E-state index is -4.64. The van der Waals surface area contributed by atoms with E-state index < -0.39 is 23.5 Å². The van der Waals surface area contributed by atoms with Crippen LogP contribution in [0.3, 0.4) is 0 Å². The third kappa shape index (κ3) is 4.07. The number of aryl methyl sites for hydroxylation is 1. The number of hydrogen-bond acceptors (Lipinski definition) is 5. The number of benzene rings is 1. The summed E-state index contributed by atoms with van der Waals surface area (Å²) in [6, 6.07) is 1.08. The number of halogens is 3. The van der Waals surface area contributed by atoms with Gasteiger partial charge in [-0.25, -0.2) is 9.78 Å². The van der Waals surface area contributed by atoms with Crippen molar-refractivity contribution in [2.75, 3.05) is 24.9 Å². The average molecular weight is 361 g/mol. The second kappa shape index (κ2) is 6.95. The molecule has 1 aromatic carbocycles. The number of amides is 2. The van der Waals surface area contributed by atoms with Crippen molar-refractivity contribution in [1.29, 1.82) is 0 Å². The van der Waals surface area contributed by atoms with E-state index in [2.05, 4.69) is 15.6 Å². The fraction of sp³-hybridized carbons (Fsp3) is 0.286. The van der Waals surface area contributed by atoms with E-state index in [0.717, 1.165) is 24.1 Å². The number of rotatable bonds is 4. The van der Waals surface area contributed by atoms with Crippen LogP contribution in [0.15, 0.2) is 18.3 Å². The molecule has 2 aromatic rings. The summed E-state index contributed by atoms with van der Waals surface area (Å²) in [7, 11) is 2.39. The Morgan fingerprint density at radius 2 is 1.83 bits per heavy atom. The number of anilines is 2. The normalized spacial score (nSPS) is 11.1. The number of urea groups is 1. The molecule has 130 valence electrons. The number of nitrogens with one attached hydrogen (secondary N) is 2. The van der Waals surface area contributed by atoms with E-state index in [4.69, 9.17) is 9.47 Å². The summed E-state index contributed by atoms with van der Waals surface area (Å²) < 4.78 is 49.0. The summed E-state index contributed by atoms with van der Waals surface area (Å²) in [5.41, 5.74) is -1.16. The summed E-state index contributed by atoms with van der Waals surface area (Å²) >= 11 is 1.24. The molecule has 0 aliphatic heterocycles. The van der Waals surface area contributed by atoms with Crippen LogP contribution in [0.2, 0.25) is 0 Å². The van der Waals surface area contributed by atoms with Crippen LogP contribution in [0.1, 0.15) is 10.4 Å². The van der Waals surface area contributed by atoms with E-state index in [0.29, 0.717) is 5.13 Å². The van der Waals surface area contributed by atoms with E-state index >= 15 is 0 Å². The Kier molecular flexibility index (Phi) is 5.17. The third-order valence-electron chi connectivity index (χ3n) is 2.92. The van der Waals surface area contributed by atoms with Gasteiger partial charge in [-0.3, -0.25) is 5.32 Å². The molecule has 2 amide bonds. The number of methoxy groups -OCH3 is 2. The van der Waals surface area contributed by atoms with Gasteiger partial charge >= 0.3 is 12.2 Å². The number of ether oxygens (including phenoxy) is 2. The topological polar surface area (TPSA) is 72.5 Å². The van der Waals surface area contributed by atoms with Crippen LogP contribution in [0, 0.1) is 6.92 Å². The molecule has 2 N–H and O–H groups in total. The molecule has 0 saturated carbocycles. The van der Waals surface area contributed by atoms with Gasteiger partial charge in [0.05, 0.1) is 25.5 Å². The molecule has 0 radical (unpaired) electrons. The van der Waals surface area contributed by atoms with Crippen molar-refractivity contribution in [3.8, 4) is 11.5 Å². The fourth-order valence-corrected chi connectivity index (χ4v) is 2.54. The van der Waals surface area contributed by atoms with Crippen molar-refractivity contribution >= 4 is 28.2 Å². The number of hydrogen-bond donors (Lipinski definition) is 2. The highest BCUT2D eigenvalue weighted by Crippen LogP contribution is 2.41. The molecule has 0 atom stereocenters. The lowest BCUT2D eigenvalue weighted by Gasteiger charge is -2.17. The molecule has 0 aliphatic carbocycles. The lowest BCUT2D eigenvalue weighted by Crippen LogP contribution is -2.20. The third-order valence-corrected chi connectivity index (χ3v) is 3.75.